The van der Waals surface area contributed by atoms with Crippen molar-refractivity contribution in [1.82, 2.24) is 20.1 Å². The van der Waals surface area contributed by atoms with E-state index in [9.17, 15) is 18.0 Å². The highest BCUT2D eigenvalue weighted by Crippen LogP contribution is 2.40. The summed E-state index contributed by atoms with van der Waals surface area (Å²) >= 11 is 0. The smallest absolute Gasteiger partial charge is 0.211 e. The molecule has 2 aromatic rings. The normalized spacial score (nSPS) is 24.8. The Morgan fingerprint density at radius 1 is 1.41 bits per heavy atom. The van der Waals surface area contributed by atoms with Gasteiger partial charge in [-0.1, -0.05) is 5.46 Å². The molecule has 1 aliphatic heterocycles. The van der Waals surface area contributed by atoms with Gasteiger partial charge in [-0.05, 0) is 47.3 Å². The minimum atomic E-state index is -3.23. The Morgan fingerprint density at radius 3 is 2.83 bits per heavy atom. The number of halogens is 1. The fourth-order valence-corrected chi connectivity index (χ4v) is 5.15. The van der Waals surface area contributed by atoms with Gasteiger partial charge in [-0.2, -0.15) is 4.31 Å². The lowest BCUT2D eigenvalue weighted by atomic mass is 9.95. The maximum atomic E-state index is 13.3. The van der Waals surface area contributed by atoms with E-state index in [1.807, 2.05) is 5.48 Å². The van der Waals surface area contributed by atoms with Crippen LogP contribution in [0.4, 0.5) is 15.9 Å². The van der Waals surface area contributed by atoms with Crippen LogP contribution in [0.3, 0.4) is 0 Å². The monoisotopic (exact) mass is 420 g/mol. The molecular weight excluding hydrogens is 402 g/mol. The van der Waals surface area contributed by atoms with E-state index >= 15 is 0 Å². The second-order valence-corrected chi connectivity index (χ2v) is 9.14. The number of piperidine rings is 1. The molecule has 2 fully saturated rings. The summed E-state index contributed by atoms with van der Waals surface area (Å²) < 4.78 is 43.3. The highest BCUT2D eigenvalue weighted by atomic mass is 32.2. The first-order valence-electron chi connectivity index (χ1n) is 8.86. The molecule has 2 bridgehead atoms. The highest BCUT2D eigenvalue weighted by Gasteiger charge is 2.48. The Labute approximate surface area is 167 Å². The number of benzene rings is 1. The number of anilines is 1. The molecule has 1 aliphatic carbocycles. The molecular formula is C16H18BFN6O4S. The number of aliphatic imine (C=N–C) groups is 1. The van der Waals surface area contributed by atoms with Crippen molar-refractivity contribution in [3.63, 3.8) is 0 Å². The SMILES string of the molecule is [B]c1cc(N=C(NO)c2nonc2NC2CC3CC2CN3S(C)(=O)=O)ccc1F. The number of hydrogen-bond donors (Lipinski definition) is 3. The maximum Gasteiger partial charge on any atom is 0.211 e. The molecule has 152 valence electrons. The molecule has 10 nitrogen and oxygen atoms in total. The van der Waals surface area contributed by atoms with Crippen LogP contribution in [0, 0.1) is 11.7 Å². The fourth-order valence-electron chi connectivity index (χ4n) is 3.97. The largest absolute Gasteiger partial charge is 0.362 e. The van der Waals surface area contributed by atoms with Gasteiger partial charge in [-0.25, -0.2) is 22.4 Å². The zero-order valence-electron chi connectivity index (χ0n) is 15.4. The van der Waals surface area contributed by atoms with E-state index in [-0.39, 0.29) is 46.5 Å². The molecule has 4 rings (SSSR count). The summed E-state index contributed by atoms with van der Waals surface area (Å²) in [6.07, 6.45) is 2.60. The van der Waals surface area contributed by atoms with Gasteiger partial charge in [0.25, 0.3) is 0 Å². The molecule has 2 heterocycles. The second kappa shape index (κ2) is 7.39. The first kappa shape index (κ1) is 19.8. The third-order valence-electron chi connectivity index (χ3n) is 5.28. The van der Waals surface area contributed by atoms with Gasteiger partial charge in [0.1, 0.15) is 13.7 Å². The number of rotatable bonds is 5. The maximum absolute atomic E-state index is 13.3. The van der Waals surface area contributed by atoms with Gasteiger partial charge in [0.15, 0.2) is 11.5 Å². The van der Waals surface area contributed by atoms with Crippen LogP contribution in [0.1, 0.15) is 18.5 Å². The van der Waals surface area contributed by atoms with Gasteiger partial charge < -0.3 is 5.32 Å². The Hall–Kier alpha value is -2.51. The molecule has 0 spiro atoms. The summed E-state index contributed by atoms with van der Waals surface area (Å²) in [6.45, 7) is 0.440. The molecule has 3 unspecified atom stereocenters. The molecule has 0 amide bonds. The Bertz CT molecular complexity index is 1060. The second-order valence-electron chi connectivity index (χ2n) is 7.21. The van der Waals surface area contributed by atoms with Gasteiger partial charge in [0.2, 0.25) is 15.8 Å². The van der Waals surface area contributed by atoms with Crippen LogP contribution in [0.2, 0.25) is 0 Å². The Kier molecular flexibility index (Phi) is 5.04. The number of fused-ring (bicyclic) bond motifs is 2. The standard InChI is InChI=1S/C16H18BFN6O4S/c1-29(26,27)24-7-8-4-10(24)6-13(8)20-16-14(22-28-23-16)15(21-25)19-9-2-3-12(18)11(17)5-9/h2-3,5,8,10,13,25H,4,6-7H2,1H3,(H,19,21)(H,20,23). The van der Waals surface area contributed by atoms with Crippen LogP contribution in [-0.4, -0.2) is 66.8 Å². The molecule has 1 aromatic heterocycles. The van der Waals surface area contributed by atoms with Gasteiger partial charge in [-0.3, -0.25) is 10.7 Å². The number of nitrogens with one attached hydrogen (secondary N) is 2. The van der Waals surface area contributed by atoms with Gasteiger partial charge in [0.05, 0.1) is 11.9 Å². The van der Waals surface area contributed by atoms with Crippen LogP contribution in [0.25, 0.3) is 0 Å². The molecule has 29 heavy (non-hydrogen) atoms. The average molecular weight is 420 g/mol. The average Bonchev–Trinajstić information content (AvgIpc) is 3.38. The number of hydroxylamine groups is 1. The van der Waals surface area contributed by atoms with E-state index in [1.54, 1.807) is 0 Å². The summed E-state index contributed by atoms with van der Waals surface area (Å²) in [5.74, 6) is -0.268. The first-order valence-corrected chi connectivity index (χ1v) is 10.7. The van der Waals surface area contributed by atoms with Crippen molar-refractivity contribution < 1.29 is 22.6 Å². The molecule has 1 aromatic carbocycles. The van der Waals surface area contributed by atoms with Gasteiger partial charge in [-0.15, -0.1) is 0 Å². The van der Waals surface area contributed by atoms with Crippen molar-refractivity contribution in [3.8, 4) is 0 Å². The predicted octanol–water partition coefficient (Wildman–Crippen LogP) is -0.106. The molecule has 3 N–H and O–H groups in total. The zero-order valence-corrected chi connectivity index (χ0v) is 16.2. The predicted molar refractivity (Wildman–Crippen MR) is 103 cm³/mol. The van der Waals surface area contributed by atoms with Crippen molar-refractivity contribution in [1.29, 1.82) is 0 Å². The van der Waals surface area contributed by atoms with E-state index in [0.29, 0.717) is 13.0 Å². The molecule has 1 saturated carbocycles. The van der Waals surface area contributed by atoms with Crippen LogP contribution in [0.5, 0.6) is 0 Å². The highest BCUT2D eigenvalue weighted by molar-refractivity contribution is 7.88. The first-order chi connectivity index (χ1) is 13.8. The molecule has 3 atom stereocenters. The molecule has 1 saturated heterocycles. The van der Waals surface area contributed by atoms with E-state index in [1.165, 1.54) is 22.7 Å². The summed E-state index contributed by atoms with van der Waals surface area (Å²) in [5.41, 5.74) is 2.27. The molecule has 2 aliphatic rings. The van der Waals surface area contributed by atoms with E-state index < -0.39 is 15.8 Å². The van der Waals surface area contributed by atoms with E-state index in [2.05, 4.69) is 20.6 Å². The lowest BCUT2D eigenvalue weighted by Crippen LogP contribution is -2.43. The third-order valence-corrected chi connectivity index (χ3v) is 6.58. The number of nitrogens with zero attached hydrogens (tertiary/aromatic N) is 4. The number of aromatic nitrogens is 2. The lowest BCUT2D eigenvalue weighted by molar-refractivity contribution is 0.234. The Balaban J connectivity index is 1.53. The minimum Gasteiger partial charge on any atom is -0.362 e. The van der Waals surface area contributed by atoms with E-state index in [0.717, 1.165) is 12.5 Å². The Morgan fingerprint density at radius 2 is 2.21 bits per heavy atom. The number of sulfonamides is 1. The third kappa shape index (κ3) is 3.85. The van der Waals surface area contributed by atoms with Crippen molar-refractivity contribution in [2.75, 3.05) is 18.1 Å². The summed E-state index contributed by atoms with van der Waals surface area (Å²) in [6, 6.07) is 3.78. The zero-order chi connectivity index (χ0) is 20.8. The van der Waals surface area contributed by atoms with Gasteiger partial charge in [0, 0.05) is 18.6 Å². The summed E-state index contributed by atoms with van der Waals surface area (Å²) in [4.78, 5) is 4.17. The van der Waals surface area contributed by atoms with Crippen LogP contribution < -0.4 is 16.3 Å². The fraction of sp³-hybridized carbons (Fsp3) is 0.438. The van der Waals surface area contributed by atoms with Crippen molar-refractivity contribution in [3.05, 3.63) is 29.7 Å². The number of hydrogen-bond acceptors (Lipinski definition) is 8. The molecule has 2 radical (unpaired) electrons. The van der Waals surface area contributed by atoms with E-state index in [4.69, 9.17) is 12.5 Å². The van der Waals surface area contributed by atoms with Crippen molar-refractivity contribution in [2.24, 2.45) is 10.9 Å². The molecule has 13 heteroatoms. The minimum absolute atomic E-state index is 0.0231. The number of amidine groups is 1. The lowest BCUT2D eigenvalue weighted by Gasteiger charge is -2.30. The van der Waals surface area contributed by atoms with Crippen molar-refractivity contribution in [2.45, 2.75) is 24.9 Å². The van der Waals surface area contributed by atoms with Crippen LogP contribution >= 0.6 is 0 Å². The topological polar surface area (TPSA) is 133 Å². The quantitative estimate of drug-likeness (QED) is 0.264. The van der Waals surface area contributed by atoms with Crippen LogP contribution in [-0.2, 0) is 10.0 Å². The summed E-state index contributed by atoms with van der Waals surface area (Å²) in [5, 5.41) is 20.3. The summed E-state index contributed by atoms with van der Waals surface area (Å²) in [7, 11) is 2.31. The van der Waals surface area contributed by atoms with Crippen LogP contribution in [0.15, 0.2) is 27.8 Å². The van der Waals surface area contributed by atoms with Gasteiger partial charge >= 0.3 is 0 Å². The van der Waals surface area contributed by atoms with Crippen molar-refractivity contribution >= 4 is 40.7 Å².